The minimum Gasteiger partial charge on any atom is -0.361 e. The number of hydrogen-bond donors (Lipinski definition) is 1. The number of nitrogens with one attached hydrogen (secondary N) is 1. The first kappa shape index (κ1) is 11.6. The molecule has 0 atom stereocenters. The number of anilines is 1. The standard InChI is InChI=1S/C7H8ClF3N2S/c8-5-4-14-6(13-5)12-3-1-2-7(9,10)11/h4H,1-3H2,(H,12,13). The number of halogens is 4. The van der Waals surface area contributed by atoms with Gasteiger partial charge in [0.05, 0.1) is 0 Å². The van der Waals surface area contributed by atoms with Crippen molar-refractivity contribution in [2.24, 2.45) is 0 Å². The van der Waals surface area contributed by atoms with Crippen LogP contribution in [-0.2, 0) is 0 Å². The third-order valence-electron chi connectivity index (χ3n) is 1.39. The van der Waals surface area contributed by atoms with Crippen LogP contribution < -0.4 is 5.32 Å². The van der Waals surface area contributed by atoms with Gasteiger partial charge in [-0.3, -0.25) is 0 Å². The third-order valence-corrected chi connectivity index (χ3v) is 2.51. The molecule has 0 fully saturated rings. The van der Waals surface area contributed by atoms with Crippen LogP contribution in [0.5, 0.6) is 0 Å². The Morgan fingerprint density at radius 2 is 2.21 bits per heavy atom. The van der Waals surface area contributed by atoms with Crippen LogP contribution in [-0.4, -0.2) is 17.7 Å². The molecule has 0 amide bonds. The van der Waals surface area contributed by atoms with E-state index in [-0.39, 0.29) is 13.0 Å². The van der Waals surface area contributed by atoms with Crippen molar-refractivity contribution in [2.75, 3.05) is 11.9 Å². The highest BCUT2D eigenvalue weighted by atomic mass is 35.5. The van der Waals surface area contributed by atoms with Crippen molar-refractivity contribution in [2.45, 2.75) is 19.0 Å². The second kappa shape index (κ2) is 4.84. The molecule has 0 saturated carbocycles. The molecule has 0 aliphatic heterocycles. The van der Waals surface area contributed by atoms with Crippen LogP contribution in [0, 0.1) is 0 Å². The van der Waals surface area contributed by atoms with E-state index in [2.05, 4.69) is 10.3 Å². The zero-order chi connectivity index (χ0) is 10.6. The Morgan fingerprint density at radius 1 is 1.50 bits per heavy atom. The normalized spacial score (nSPS) is 11.7. The molecule has 1 N–H and O–H groups in total. The number of thiazole rings is 1. The van der Waals surface area contributed by atoms with Gasteiger partial charge in [-0.15, -0.1) is 11.3 Å². The molecule has 80 valence electrons. The maximum Gasteiger partial charge on any atom is 0.389 e. The van der Waals surface area contributed by atoms with E-state index in [4.69, 9.17) is 11.6 Å². The summed E-state index contributed by atoms with van der Waals surface area (Å²) in [7, 11) is 0. The topological polar surface area (TPSA) is 24.9 Å². The van der Waals surface area contributed by atoms with Gasteiger partial charge in [0.15, 0.2) is 5.13 Å². The predicted molar refractivity (Wildman–Crippen MR) is 50.9 cm³/mol. The first-order valence-corrected chi connectivity index (χ1v) is 5.15. The lowest BCUT2D eigenvalue weighted by Crippen LogP contribution is -2.10. The van der Waals surface area contributed by atoms with Crippen LogP contribution >= 0.6 is 22.9 Å². The Kier molecular flexibility index (Phi) is 4.00. The van der Waals surface area contributed by atoms with Gasteiger partial charge in [-0.2, -0.15) is 13.2 Å². The average molecular weight is 245 g/mol. The highest BCUT2D eigenvalue weighted by Crippen LogP contribution is 2.22. The first-order chi connectivity index (χ1) is 6.47. The fourth-order valence-electron chi connectivity index (χ4n) is 0.820. The lowest BCUT2D eigenvalue weighted by molar-refractivity contribution is -0.134. The van der Waals surface area contributed by atoms with Crippen LogP contribution in [0.2, 0.25) is 5.15 Å². The first-order valence-electron chi connectivity index (χ1n) is 3.89. The molecule has 0 unspecified atom stereocenters. The second-order valence-electron chi connectivity index (χ2n) is 2.62. The number of aromatic nitrogens is 1. The summed E-state index contributed by atoms with van der Waals surface area (Å²) in [6.07, 6.45) is -4.82. The average Bonchev–Trinajstić information content (AvgIpc) is 2.44. The number of hydrogen-bond acceptors (Lipinski definition) is 3. The molecule has 1 rings (SSSR count). The summed E-state index contributed by atoms with van der Waals surface area (Å²) in [6, 6.07) is 0. The maximum atomic E-state index is 11.7. The minimum atomic E-state index is -4.08. The number of alkyl halides is 3. The van der Waals surface area contributed by atoms with Gasteiger partial charge in [-0.05, 0) is 6.42 Å². The van der Waals surface area contributed by atoms with Crippen molar-refractivity contribution in [3.63, 3.8) is 0 Å². The molecule has 2 nitrogen and oxygen atoms in total. The summed E-state index contributed by atoms with van der Waals surface area (Å²) < 4.78 is 35.2. The predicted octanol–water partition coefficient (Wildman–Crippen LogP) is 3.55. The van der Waals surface area contributed by atoms with Crippen molar-refractivity contribution < 1.29 is 13.2 Å². The molecule has 0 spiro atoms. The van der Waals surface area contributed by atoms with E-state index in [1.165, 1.54) is 11.3 Å². The summed E-state index contributed by atoms with van der Waals surface area (Å²) in [5.41, 5.74) is 0. The molecule has 0 aromatic carbocycles. The van der Waals surface area contributed by atoms with Crippen LogP contribution in [0.4, 0.5) is 18.3 Å². The molecule has 0 aliphatic carbocycles. The minimum absolute atomic E-state index is 0.0424. The fourth-order valence-corrected chi connectivity index (χ4v) is 1.69. The Bertz CT molecular complexity index is 287. The van der Waals surface area contributed by atoms with Crippen molar-refractivity contribution in [1.29, 1.82) is 0 Å². The van der Waals surface area contributed by atoms with Crippen molar-refractivity contribution >= 4 is 28.1 Å². The van der Waals surface area contributed by atoms with E-state index < -0.39 is 12.6 Å². The van der Waals surface area contributed by atoms with E-state index in [0.717, 1.165) is 0 Å². The van der Waals surface area contributed by atoms with E-state index in [1.807, 2.05) is 0 Å². The van der Waals surface area contributed by atoms with Crippen molar-refractivity contribution in [3.05, 3.63) is 10.5 Å². The Labute approximate surface area is 88.1 Å². The SMILES string of the molecule is FC(F)(F)CCCNc1nc(Cl)cs1. The van der Waals surface area contributed by atoms with Crippen LogP contribution in [0.3, 0.4) is 0 Å². The van der Waals surface area contributed by atoms with Gasteiger partial charge in [0.25, 0.3) is 0 Å². The molecule has 0 bridgehead atoms. The summed E-state index contributed by atoms with van der Waals surface area (Å²) in [6.45, 7) is 0.253. The summed E-state index contributed by atoms with van der Waals surface area (Å²) in [4.78, 5) is 3.84. The maximum absolute atomic E-state index is 11.7. The van der Waals surface area contributed by atoms with Crippen LogP contribution in [0.25, 0.3) is 0 Å². The van der Waals surface area contributed by atoms with Crippen molar-refractivity contribution in [3.8, 4) is 0 Å². The molecule has 1 aromatic heterocycles. The molecule has 1 aromatic rings. The van der Waals surface area contributed by atoms with Gasteiger partial charge < -0.3 is 5.32 Å². The molecule has 14 heavy (non-hydrogen) atoms. The lowest BCUT2D eigenvalue weighted by Gasteiger charge is -2.05. The van der Waals surface area contributed by atoms with E-state index in [0.29, 0.717) is 10.3 Å². The summed E-state index contributed by atoms with van der Waals surface area (Å²) in [5, 5.41) is 5.29. The summed E-state index contributed by atoms with van der Waals surface area (Å²) >= 11 is 6.80. The van der Waals surface area contributed by atoms with E-state index in [9.17, 15) is 13.2 Å². The highest BCUT2D eigenvalue weighted by molar-refractivity contribution is 7.14. The molecule has 1 heterocycles. The lowest BCUT2D eigenvalue weighted by atomic mass is 10.3. The van der Waals surface area contributed by atoms with E-state index in [1.54, 1.807) is 5.38 Å². The number of rotatable bonds is 4. The fraction of sp³-hybridized carbons (Fsp3) is 0.571. The second-order valence-corrected chi connectivity index (χ2v) is 3.87. The molecular weight excluding hydrogens is 237 g/mol. The van der Waals surface area contributed by atoms with Crippen LogP contribution in [0.1, 0.15) is 12.8 Å². The smallest absolute Gasteiger partial charge is 0.361 e. The molecule has 0 saturated heterocycles. The van der Waals surface area contributed by atoms with Gasteiger partial charge in [0.2, 0.25) is 0 Å². The number of nitrogens with zero attached hydrogens (tertiary/aromatic N) is 1. The van der Waals surface area contributed by atoms with Gasteiger partial charge in [-0.25, -0.2) is 4.98 Å². The van der Waals surface area contributed by atoms with Crippen LogP contribution in [0.15, 0.2) is 5.38 Å². The summed E-state index contributed by atoms with van der Waals surface area (Å²) in [5.74, 6) is 0. The largest absolute Gasteiger partial charge is 0.389 e. The van der Waals surface area contributed by atoms with Gasteiger partial charge in [0, 0.05) is 18.3 Å². The van der Waals surface area contributed by atoms with E-state index >= 15 is 0 Å². The zero-order valence-electron chi connectivity index (χ0n) is 7.07. The molecule has 0 aliphatic rings. The Balaban J connectivity index is 2.16. The Hall–Kier alpha value is -0.490. The molecule has 7 heteroatoms. The van der Waals surface area contributed by atoms with Gasteiger partial charge in [0.1, 0.15) is 5.15 Å². The highest BCUT2D eigenvalue weighted by Gasteiger charge is 2.25. The molecule has 0 radical (unpaired) electrons. The van der Waals surface area contributed by atoms with Gasteiger partial charge >= 0.3 is 6.18 Å². The molecular formula is C7H8ClF3N2S. The Morgan fingerprint density at radius 3 is 2.71 bits per heavy atom. The van der Waals surface area contributed by atoms with Gasteiger partial charge in [-0.1, -0.05) is 11.6 Å². The zero-order valence-corrected chi connectivity index (χ0v) is 8.64. The van der Waals surface area contributed by atoms with Crippen molar-refractivity contribution in [1.82, 2.24) is 4.98 Å². The third kappa shape index (κ3) is 4.66. The quantitative estimate of drug-likeness (QED) is 0.820. The monoisotopic (exact) mass is 244 g/mol.